The summed E-state index contributed by atoms with van der Waals surface area (Å²) < 4.78 is 4.62. The molecule has 0 saturated carbocycles. The van der Waals surface area contributed by atoms with Crippen LogP contribution in [0.2, 0.25) is 5.02 Å². The predicted octanol–water partition coefficient (Wildman–Crippen LogP) is 3.85. The van der Waals surface area contributed by atoms with Crippen molar-refractivity contribution in [2.24, 2.45) is 0 Å². The number of rotatable bonds is 4. The van der Waals surface area contributed by atoms with E-state index in [1.54, 1.807) is 37.3 Å². The third-order valence-electron chi connectivity index (χ3n) is 3.00. The summed E-state index contributed by atoms with van der Waals surface area (Å²) >= 11 is 5.96. The van der Waals surface area contributed by atoms with E-state index in [-0.39, 0.29) is 23.6 Å². The van der Waals surface area contributed by atoms with E-state index in [0.717, 1.165) is 0 Å². The number of imide groups is 1. The lowest BCUT2D eigenvalue weighted by atomic mass is 10.0. The fourth-order valence-corrected chi connectivity index (χ4v) is 2.14. The minimum Gasteiger partial charge on any atom is -0.450 e. The molecule has 0 fully saturated rings. The summed E-state index contributed by atoms with van der Waals surface area (Å²) in [6.07, 6.45) is -0.875. The maximum Gasteiger partial charge on any atom is 0.415 e. The summed E-state index contributed by atoms with van der Waals surface area (Å²) in [5.41, 5.74) is 0.899. The number of alkyl carbamates (subject to hydrolysis) is 1. The first kappa shape index (κ1) is 17.5. The van der Waals surface area contributed by atoms with Crippen LogP contribution >= 0.6 is 11.6 Å². The molecule has 2 rings (SSSR count). The fraction of sp³-hybridized carbons (Fsp3) is 0.118. The molecule has 6 nitrogen and oxygen atoms in total. The van der Waals surface area contributed by atoms with Gasteiger partial charge in [-0.15, -0.1) is 0 Å². The second-order valence-corrected chi connectivity index (χ2v) is 5.12. The molecule has 24 heavy (non-hydrogen) atoms. The third kappa shape index (κ3) is 4.57. The van der Waals surface area contributed by atoms with Gasteiger partial charge < -0.3 is 10.1 Å². The Kier molecular flexibility index (Phi) is 5.92. The number of hydrogen-bond donors (Lipinski definition) is 2. The quantitative estimate of drug-likeness (QED) is 0.823. The van der Waals surface area contributed by atoms with Crippen molar-refractivity contribution in [3.05, 3.63) is 64.7 Å². The Bertz CT molecular complexity index is 762. The van der Waals surface area contributed by atoms with E-state index in [2.05, 4.69) is 10.1 Å². The molecule has 2 aromatic rings. The maximum atomic E-state index is 12.6. The number of ketones is 1. The topological polar surface area (TPSA) is 84.5 Å². The van der Waals surface area contributed by atoms with Crippen molar-refractivity contribution in [3.63, 3.8) is 0 Å². The van der Waals surface area contributed by atoms with E-state index in [4.69, 9.17) is 11.6 Å². The van der Waals surface area contributed by atoms with Crippen molar-refractivity contribution in [2.45, 2.75) is 6.92 Å². The smallest absolute Gasteiger partial charge is 0.415 e. The molecule has 124 valence electrons. The molecule has 0 atom stereocenters. The second kappa shape index (κ2) is 8.12. The van der Waals surface area contributed by atoms with Crippen LogP contribution in [0.5, 0.6) is 0 Å². The molecule has 7 heteroatoms. The van der Waals surface area contributed by atoms with Crippen molar-refractivity contribution < 1.29 is 19.1 Å². The lowest BCUT2D eigenvalue weighted by molar-refractivity contribution is 0.103. The molecule has 2 N–H and O–H groups in total. The molecule has 0 aliphatic carbocycles. The highest BCUT2D eigenvalue weighted by molar-refractivity contribution is 6.31. The lowest BCUT2D eigenvalue weighted by Gasteiger charge is -2.11. The fourth-order valence-electron chi connectivity index (χ4n) is 1.97. The van der Waals surface area contributed by atoms with Gasteiger partial charge in [0.15, 0.2) is 5.78 Å². The molecule has 0 aliphatic heterocycles. The number of ether oxygens (including phenoxy) is 1. The van der Waals surface area contributed by atoms with Gasteiger partial charge in [0.05, 0.1) is 12.3 Å². The molecule has 0 aliphatic rings. The van der Waals surface area contributed by atoms with Gasteiger partial charge in [-0.3, -0.25) is 4.79 Å². The minimum atomic E-state index is -0.875. The predicted molar refractivity (Wildman–Crippen MR) is 90.5 cm³/mol. The Labute approximate surface area is 143 Å². The number of anilines is 1. The average molecular weight is 347 g/mol. The first-order valence-corrected chi connectivity index (χ1v) is 7.53. The second-order valence-electron chi connectivity index (χ2n) is 4.68. The van der Waals surface area contributed by atoms with E-state index < -0.39 is 12.1 Å². The van der Waals surface area contributed by atoms with Gasteiger partial charge in [0.25, 0.3) is 0 Å². The minimum absolute atomic E-state index is 0.137. The zero-order chi connectivity index (χ0) is 17.5. The normalized spacial score (nSPS) is 9.92. The number of nitrogens with one attached hydrogen (secondary N) is 2. The highest BCUT2D eigenvalue weighted by Gasteiger charge is 2.17. The summed E-state index contributed by atoms with van der Waals surface area (Å²) in [6, 6.07) is 12.2. The number of halogens is 1. The molecule has 0 spiro atoms. The van der Waals surface area contributed by atoms with Crippen LogP contribution in [-0.4, -0.2) is 24.5 Å². The van der Waals surface area contributed by atoms with Gasteiger partial charge in [-0.05, 0) is 25.1 Å². The zero-order valence-corrected chi connectivity index (χ0v) is 13.6. The van der Waals surface area contributed by atoms with Crippen LogP contribution in [0.15, 0.2) is 48.5 Å². The first-order chi connectivity index (χ1) is 11.5. The number of carbonyl (C=O) groups is 3. The van der Waals surface area contributed by atoms with Gasteiger partial charge in [0, 0.05) is 16.1 Å². The Hall–Kier alpha value is -2.86. The van der Waals surface area contributed by atoms with E-state index in [9.17, 15) is 14.4 Å². The summed E-state index contributed by atoms with van der Waals surface area (Å²) in [4.78, 5) is 35.7. The number of hydrogen-bond acceptors (Lipinski definition) is 4. The molecule has 0 aromatic heterocycles. The highest BCUT2D eigenvalue weighted by atomic mass is 35.5. The number of amides is 3. The van der Waals surface area contributed by atoms with Crippen LogP contribution in [0.4, 0.5) is 15.3 Å². The summed E-state index contributed by atoms with van der Waals surface area (Å²) in [6.45, 7) is 1.76. The Morgan fingerprint density at radius 3 is 2.46 bits per heavy atom. The highest BCUT2D eigenvalue weighted by Crippen LogP contribution is 2.23. The van der Waals surface area contributed by atoms with Crippen LogP contribution in [-0.2, 0) is 4.74 Å². The SMILES string of the molecule is CCOC(=O)NC(=O)Nc1ccc(Cl)cc1C(=O)c1ccccc1. The molecule has 0 saturated heterocycles. The van der Waals surface area contributed by atoms with Gasteiger partial charge in [0.1, 0.15) is 0 Å². The van der Waals surface area contributed by atoms with Crippen molar-refractivity contribution in [3.8, 4) is 0 Å². The van der Waals surface area contributed by atoms with Crippen molar-refractivity contribution in [1.29, 1.82) is 0 Å². The van der Waals surface area contributed by atoms with E-state index in [0.29, 0.717) is 10.6 Å². The van der Waals surface area contributed by atoms with Crippen LogP contribution in [0, 0.1) is 0 Å². The van der Waals surface area contributed by atoms with Gasteiger partial charge in [-0.2, -0.15) is 0 Å². The van der Waals surface area contributed by atoms with E-state index >= 15 is 0 Å². The Morgan fingerprint density at radius 1 is 1.08 bits per heavy atom. The maximum absolute atomic E-state index is 12.6. The largest absolute Gasteiger partial charge is 0.450 e. The van der Waals surface area contributed by atoms with Crippen LogP contribution < -0.4 is 10.6 Å². The third-order valence-corrected chi connectivity index (χ3v) is 3.24. The van der Waals surface area contributed by atoms with Crippen molar-refractivity contribution in [2.75, 3.05) is 11.9 Å². The molecule has 0 radical (unpaired) electrons. The van der Waals surface area contributed by atoms with E-state index in [1.807, 2.05) is 5.32 Å². The average Bonchev–Trinajstić information content (AvgIpc) is 2.56. The number of carbonyl (C=O) groups excluding carboxylic acids is 3. The molecule has 3 amide bonds. The van der Waals surface area contributed by atoms with Crippen LogP contribution in [0.1, 0.15) is 22.8 Å². The molecular weight excluding hydrogens is 332 g/mol. The number of benzene rings is 2. The van der Waals surface area contributed by atoms with E-state index in [1.165, 1.54) is 18.2 Å². The van der Waals surface area contributed by atoms with Gasteiger partial charge in [0.2, 0.25) is 0 Å². The summed E-state index contributed by atoms with van der Waals surface area (Å²) in [5, 5.41) is 4.79. The first-order valence-electron chi connectivity index (χ1n) is 7.15. The van der Waals surface area contributed by atoms with Gasteiger partial charge >= 0.3 is 12.1 Å². The van der Waals surface area contributed by atoms with Crippen molar-refractivity contribution >= 4 is 35.2 Å². The lowest BCUT2D eigenvalue weighted by Crippen LogP contribution is -2.35. The molecule has 0 bridgehead atoms. The van der Waals surface area contributed by atoms with Crippen molar-refractivity contribution in [1.82, 2.24) is 5.32 Å². The Balaban J connectivity index is 2.23. The van der Waals surface area contributed by atoms with Crippen LogP contribution in [0.3, 0.4) is 0 Å². The molecule has 0 unspecified atom stereocenters. The molecular formula is C17H15ClN2O4. The van der Waals surface area contributed by atoms with Gasteiger partial charge in [-0.25, -0.2) is 14.9 Å². The van der Waals surface area contributed by atoms with Crippen LogP contribution in [0.25, 0.3) is 0 Å². The number of urea groups is 1. The molecule has 0 heterocycles. The summed E-state index contributed by atoms with van der Waals surface area (Å²) in [5.74, 6) is -0.301. The standard InChI is InChI=1S/C17H15ClN2O4/c1-2-24-17(23)20-16(22)19-14-9-8-12(18)10-13(14)15(21)11-6-4-3-5-7-11/h3-10H,2H2,1H3,(H2,19,20,22,23). The molecule has 2 aromatic carbocycles. The summed E-state index contributed by atoms with van der Waals surface area (Å²) in [7, 11) is 0. The Morgan fingerprint density at radius 2 is 1.79 bits per heavy atom. The monoisotopic (exact) mass is 346 g/mol. The zero-order valence-electron chi connectivity index (χ0n) is 12.8. The van der Waals surface area contributed by atoms with Gasteiger partial charge in [-0.1, -0.05) is 41.9 Å².